The summed E-state index contributed by atoms with van der Waals surface area (Å²) in [5.41, 5.74) is 0. The van der Waals surface area contributed by atoms with Crippen LogP contribution in [0.1, 0.15) is 181 Å². The summed E-state index contributed by atoms with van der Waals surface area (Å²) in [6.07, 6.45) is 34.0. The van der Waals surface area contributed by atoms with E-state index in [1.165, 1.54) is 109 Å². The fourth-order valence-electron chi connectivity index (χ4n) is 4.84. The molecule has 5 nitrogen and oxygen atoms in total. The Hall–Kier alpha value is -1.36. The Bertz CT molecular complexity index is 574. The van der Waals surface area contributed by atoms with Crippen LogP contribution < -0.4 is 0 Å². The molecule has 0 saturated heterocycles. The molecule has 5 heteroatoms. The zero-order chi connectivity index (χ0) is 29.4. The Morgan fingerprint density at radius 3 is 1.15 bits per heavy atom. The molecule has 40 heavy (non-hydrogen) atoms. The van der Waals surface area contributed by atoms with Crippen molar-refractivity contribution in [2.24, 2.45) is 0 Å². The molecule has 0 aliphatic rings. The van der Waals surface area contributed by atoms with Crippen LogP contribution in [0.5, 0.6) is 0 Å². The third-order valence-electron chi connectivity index (χ3n) is 7.50. The van der Waals surface area contributed by atoms with Gasteiger partial charge in [-0.15, -0.1) is 0 Å². The van der Waals surface area contributed by atoms with Crippen molar-refractivity contribution in [3.05, 3.63) is 12.2 Å². The van der Waals surface area contributed by atoms with Crippen molar-refractivity contribution in [2.75, 3.05) is 13.2 Å². The summed E-state index contributed by atoms with van der Waals surface area (Å²) in [5.74, 6) is -0.571. The third-order valence-corrected chi connectivity index (χ3v) is 7.50. The highest BCUT2D eigenvalue weighted by molar-refractivity contribution is 5.69. The van der Waals surface area contributed by atoms with Crippen molar-refractivity contribution in [2.45, 2.75) is 187 Å². The molecule has 0 rings (SSSR count). The van der Waals surface area contributed by atoms with Crippen molar-refractivity contribution in [3.8, 4) is 0 Å². The molecular formula is C35H66O5. The Kier molecular flexibility index (Phi) is 31.1. The van der Waals surface area contributed by atoms with Crippen molar-refractivity contribution in [1.29, 1.82) is 0 Å². The second-order valence-corrected chi connectivity index (χ2v) is 11.6. The molecular weight excluding hydrogens is 500 g/mol. The van der Waals surface area contributed by atoms with Crippen LogP contribution in [0, 0.1) is 0 Å². The molecule has 0 saturated carbocycles. The van der Waals surface area contributed by atoms with Gasteiger partial charge >= 0.3 is 11.9 Å². The number of rotatable bonds is 31. The minimum absolute atomic E-state index is 0.114. The largest absolute Gasteiger partial charge is 0.463 e. The lowest BCUT2D eigenvalue weighted by atomic mass is 10.1. The fourth-order valence-corrected chi connectivity index (χ4v) is 4.84. The Labute approximate surface area is 248 Å². The molecule has 0 aliphatic heterocycles. The topological polar surface area (TPSA) is 72.8 Å². The van der Waals surface area contributed by atoms with Crippen LogP contribution in [0.4, 0.5) is 0 Å². The van der Waals surface area contributed by atoms with Crippen LogP contribution in [-0.4, -0.2) is 36.4 Å². The standard InChI is InChI=1S/C35H66O5/c1-3-5-7-9-11-13-15-16-17-18-20-22-24-26-28-30-35(38)40-32-33(36)31-39-34(37)29-27-25-23-21-19-14-12-10-8-6-4-2/h16-17,33,36H,3-15,18-32H2,1-2H3. The van der Waals surface area contributed by atoms with Crippen LogP contribution in [-0.2, 0) is 19.1 Å². The first-order valence-electron chi connectivity index (χ1n) is 17.2. The van der Waals surface area contributed by atoms with Gasteiger partial charge in [0.15, 0.2) is 0 Å². The molecule has 1 N–H and O–H groups in total. The average molecular weight is 567 g/mol. The maximum atomic E-state index is 11.9. The van der Waals surface area contributed by atoms with Gasteiger partial charge in [0.25, 0.3) is 0 Å². The number of carbonyl (C=O) groups is 2. The molecule has 0 aromatic rings. The van der Waals surface area contributed by atoms with Crippen LogP contribution in [0.25, 0.3) is 0 Å². The highest BCUT2D eigenvalue weighted by Crippen LogP contribution is 2.13. The molecule has 0 heterocycles. The lowest BCUT2D eigenvalue weighted by molar-refractivity contribution is -0.152. The van der Waals surface area contributed by atoms with E-state index in [0.29, 0.717) is 12.8 Å². The number of hydrogen-bond donors (Lipinski definition) is 1. The Balaban J connectivity index is 3.43. The number of allylic oxidation sites excluding steroid dienone is 2. The monoisotopic (exact) mass is 566 g/mol. The molecule has 0 amide bonds. The van der Waals surface area contributed by atoms with Gasteiger partial charge in [-0.1, -0.05) is 142 Å². The van der Waals surface area contributed by atoms with E-state index in [1.54, 1.807) is 0 Å². The molecule has 1 atom stereocenters. The highest BCUT2D eigenvalue weighted by atomic mass is 16.6. The van der Waals surface area contributed by atoms with E-state index in [1.807, 2.05) is 0 Å². The number of hydrogen-bond acceptors (Lipinski definition) is 5. The van der Waals surface area contributed by atoms with Gasteiger partial charge in [-0.25, -0.2) is 0 Å². The number of carbonyl (C=O) groups excluding carboxylic acids is 2. The van der Waals surface area contributed by atoms with E-state index in [9.17, 15) is 14.7 Å². The quantitative estimate of drug-likeness (QED) is 0.0513. The van der Waals surface area contributed by atoms with Crippen LogP contribution in [0.3, 0.4) is 0 Å². The van der Waals surface area contributed by atoms with E-state index in [0.717, 1.165) is 44.9 Å². The summed E-state index contributed by atoms with van der Waals surface area (Å²) < 4.78 is 10.3. The van der Waals surface area contributed by atoms with Gasteiger partial charge in [-0.2, -0.15) is 0 Å². The normalized spacial score (nSPS) is 12.2. The predicted molar refractivity (Wildman–Crippen MR) is 168 cm³/mol. The Morgan fingerprint density at radius 2 is 0.800 bits per heavy atom. The first kappa shape index (κ1) is 38.6. The second-order valence-electron chi connectivity index (χ2n) is 11.6. The summed E-state index contributed by atoms with van der Waals surface area (Å²) in [5, 5.41) is 9.95. The zero-order valence-corrected chi connectivity index (χ0v) is 26.6. The summed E-state index contributed by atoms with van der Waals surface area (Å²) >= 11 is 0. The smallest absolute Gasteiger partial charge is 0.305 e. The third kappa shape index (κ3) is 31.2. The van der Waals surface area contributed by atoms with E-state index < -0.39 is 6.10 Å². The molecule has 0 aromatic heterocycles. The molecule has 0 bridgehead atoms. The predicted octanol–water partition coefficient (Wildman–Crippen LogP) is 10.2. The van der Waals surface area contributed by atoms with E-state index >= 15 is 0 Å². The van der Waals surface area contributed by atoms with Gasteiger partial charge in [0, 0.05) is 12.8 Å². The summed E-state index contributed by atoms with van der Waals surface area (Å²) in [4.78, 5) is 23.8. The van der Waals surface area contributed by atoms with Gasteiger partial charge in [-0.3, -0.25) is 9.59 Å². The minimum atomic E-state index is -0.959. The molecule has 0 fully saturated rings. The number of aliphatic hydroxyl groups is 1. The number of unbranched alkanes of at least 4 members (excludes halogenated alkanes) is 21. The molecule has 0 aromatic carbocycles. The highest BCUT2D eigenvalue weighted by Gasteiger charge is 2.12. The number of esters is 2. The van der Waals surface area contributed by atoms with Crippen molar-refractivity contribution < 1.29 is 24.2 Å². The minimum Gasteiger partial charge on any atom is -0.463 e. The zero-order valence-electron chi connectivity index (χ0n) is 26.6. The van der Waals surface area contributed by atoms with Gasteiger partial charge < -0.3 is 14.6 Å². The maximum Gasteiger partial charge on any atom is 0.305 e. The van der Waals surface area contributed by atoms with Crippen molar-refractivity contribution in [3.63, 3.8) is 0 Å². The van der Waals surface area contributed by atoms with Gasteiger partial charge in [0.1, 0.15) is 19.3 Å². The lowest BCUT2D eigenvalue weighted by Crippen LogP contribution is -2.25. The maximum absolute atomic E-state index is 11.9. The molecule has 0 aliphatic carbocycles. The Morgan fingerprint density at radius 1 is 0.500 bits per heavy atom. The van der Waals surface area contributed by atoms with E-state index in [4.69, 9.17) is 9.47 Å². The summed E-state index contributed by atoms with van der Waals surface area (Å²) in [6.45, 7) is 4.28. The molecule has 236 valence electrons. The average Bonchev–Trinajstić information content (AvgIpc) is 2.95. The fraction of sp³-hybridized carbons (Fsp3) is 0.886. The lowest BCUT2D eigenvalue weighted by Gasteiger charge is -2.12. The van der Waals surface area contributed by atoms with Gasteiger partial charge in [0.05, 0.1) is 0 Å². The van der Waals surface area contributed by atoms with Crippen LogP contribution in [0.15, 0.2) is 12.2 Å². The molecule has 0 radical (unpaired) electrons. The van der Waals surface area contributed by atoms with Gasteiger partial charge in [0.2, 0.25) is 0 Å². The number of aliphatic hydroxyl groups excluding tert-OH is 1. The van der Waals surface area contributed by atoms with Crippen molar-refractivity contribution >= 4 is 11.9 Å². The second kappa shape index (κ2) is 32.2. The van der Waals surface area contributed by atoms with Crippen molar-refractivity contribution in [1.82, 2.24) is 0 Å². The number of ether oxygens (including phenoxy) is 2. The summed E-state index contributed by atoms with van der Waals surface area (Å²) in [6, 6.07) is 0. The molecule has 0 spiro atoms. The first-order chi connectivity index (χ1) is 19.6. The van der Waals surface area contributed by atoms with Crippen LogP contribution in [0.2, 0.25) is 0 Å². The summed E-state index contributed by atoms with van der Waals surface area (Å²) in [7, 11) is 0. The first-order valence-corrected chi connectivity index (χ1v) is 17.2. The van der Waals surface area contributed by atoms with Crippen LogP contribution >= 0.6 is 0 Å². The SMILES string of the molecule is CCCCCCCCC=CCCCCCCCC(=O)OCC(O)COC(=O)CCCCCCCCCCCCC. The molecule has 1 unspecified atom stereocenters. The van der Waals surface area contributed by atoms with Gasteiger partial charge in [-0.05, 0) is 38.5 Å². The van der Waals surface area contributed by atoms with E-state index in [-0.39, 0.29) is 25.2 Å². The van der Waals surface area contributed by atoms with E-state index in [2.05, 4.69) is 26.0 Å².